The van der Waals surface area contributed by atoms with E-state index in [1.165, 1.54) is 0 Å². The Morgan fingerprint density at radius 3 is 2.62 bits per heavy atom. The van der Waals surface area contributed by atoms with Crippen LogP contribution in [0.1, 0.15) is 26.7 Å². The summed E-state index contributed by atoms with van der Waals surface area (Å²) in [5, 5.41) is 9.52. The van der Waals surface area contributed by atoms with E-state index in [9.17, 15) is 5.26 Å². The van der Waals surface area contributed by atoms with E-state index >= 15 is 0 Å². The first-order valence-electron chi connectivity index (χ1n) is 3.06. The van der Waals surface area contributed by atoms with Gasteiger partial charge in [-0.15, -0.1) is 0 Å². The zero-order chi connectivity index (χ0) is 6.41. The highest BCUT2D eigenvalue weighted by Crippen LogP contribution is 2.03. The second-order valence-electron chi connectivity index (χ2n) is 2.18. The maximum atomic E-state index is 9.52. The van der Waals surface area contributed by atoms with Crippen LogP contribution in [0.3, 0.4) is 0 Å². The Morgan fingerprint density at radius 2 is 2.25 bits per heavy atom. The van der Waals surface area contributed by atoms with E-state index < -0.39 is 0 Å². The summed E-state index contributed by atoms with van der Waals surface area (Å²) < 4.78 is 0. The van der Waals surface area contributed by atoms with E-state index in [1.54, 1.807) is 0 Å². The van der Waals surface area contributed by atoms with Gasteiger partial charge in [0, 0.05) is 0 Å². The van der Waals surface area contributed by atoms with Gasteiger partial charge in [-0.3, -0.25) is 0 Å². The smallest absolute Gasteiger partial charge is 0.0880 e. The molecule has 0 amide bonds. The van der Waals surface area contributed by atoms with Gasteiger partial charge in [0.05, 0.1) is 6.61 Å². The van der Waals surface area contributed by atoms with Crippen molar-refractivity contribution in [1.29, 1.82) is 0 Å². The fraction of sp³-hybridized carbons (Fsp3) is 1.00. The van der Waals surface area contributed by atoms with Crippen molar-refractivity contribution < 1.29 is 10.1 Å². The number of hydrogen-bond donors (Lipinski definition) is 0. The largest absolute Gasteiger partial charge is 0.204 e. The highest BCUT2D eigenvalue weighted by Gasteiger charge is 1.98. The molecule has 0 bridgehead atoms. The summed E-state index contributed by atoms with van der Waals surface area (Å²) in [7, 11) is 0. The highest BCUT2D eigenvalue weighted by atomic mass is 17.1. The fourth-order valence-electron chi connectivity index (χ4n) is 0.692. The van der Waals surface area contributed by atoms with Gasteiger partial charge in [-0.25, -0.2) is 4.89 Å². The van der Waals surface area contributed by atoms with Crippen molar-refractivity contribution in [2.45, 2.75) is 26.7 Å². The van der Waals surface area contributed by atoms with E-state index in [0.717, 1.165) is 12.8 Å². The molecule has 0 heterocycles. The average Bonchev–Trinajstić information content (AvgIpc) is 1.68. The lowest BCUT2D eigenvalue weighted by Gasteiger charge is -2.03. The van der Waals surface area contributed by atoms with Crippen LogP contribution in [-0.4, -0.2) is 6.61 Å². The first kappa shape index (κ1) is 7.92. The molecule has 0 aliphatic rings. The van der Waals surface area contributed by atoms with Crippen molar-refractivity contribution in [3.8, 4) is 0 Å². The summed E-state index contributed by atoms with van der Waals surface area (Å²) in [5.74, 6) is 0.428. The van der Waals surface area contributed by atoms with Crippen molar-refractivity contribution in [3.05, 3.63) is 0 Å². The standard InChI is InChI=1S/C6H13O2/c1-3-4-6(2)5-8-7/h6H,3-5H2,1-2H3. The van der Waals surface area contributed by atoms with Crippen LogP contribution in [0.25, 0.3) is 0 Å². The molecule has 0 aromatic rings. The van der Waals surface area contributed by atoms with Crippen molar-refractivity contribution >= 4 is 0 Å². The minimum absolute atomic E-state index is 0.355. The van der Waals surface area contributed by atoms with Crippen molar-refractivity contribution in [2.24, 2.45) is 5.92 Å². The monoisotopic (exact) mass is 117 g/mol. The van der Waals surface area contributed by atoms with E-state index in [2.05, 4.69) is 11.8 Å². The molecule has 0 aromatic heterocycles. The highest BCUT2D eigenvalue weighted by molar-refractivity contribution is 4.46. The average molecular weight is 117 g/mol. The van der Waals surface area contributed by atoms with Crippen molar-refractivity contribution in [3.63, 3.8) is 0 Å². The van der Waals surface area contributed by atoms with Crippen molar-refractivity contribution in [1.82, 2.24) is 0 Å². The lowest BCUT2D eigenvalue weighted by molar-refractivity contribution is -0.309. The Labute approximate surface area is 50.4 Å². The molecular weight excluding hydrogens is 104 g/mol. The van der Waals surface area contributed by atoms with E-state index in [-0.39, 0.29) is 0 Å². The molecule has 1 unspecified atom stereocenters. The zero-order valence-electron chi connectivity index (χ0n) is 5.52. The van der Waals surface area contributed by atoms with Gasteiger partial charge in [0.2, 0.25) is 0 Å². The molecule has 1 atom stereocenters. The van der Waals surface area contributed by atoms with Gasteiger partial charge in [-0.1, -0.05) is 20.3 Å². The minimum atomic E-state index is 0.355. The molecule has 49 valence electrons. The quantitative estimate of drug-likeness (QED) is 0.407. The number of hydrogen-bond acceptors (Lipinski definition) is 1. The normalized spacial score (nSPS) is 13.9. The summed E-state index contributed by atoms with van der Waals surface area (Å²) in [6.07, 6.45) is 2.22. The van der Waals surface area contributed by atoms with Gasteiger partial charge < -0.3 is 0 Å². The molecule has 0 aromatic carbocycles. The van der Waals surface area contributed by atoms with Gasteiger partial charge in [-0.2, -0.15) is 0 Å². The first-order chi connectivity index (χ1) is 3.81. The lowest BCUT2D eigenvalue weighted by Crippen LogP contribution is -2.01. The molecule has 0 spiro atoms. The SMILES string of the molecule is CCCC(C)CO[O]. The summed E-state index contributed by atoms with van der Waals surface area (Å²) in [6.45, 7) is 4.47. The van der Waals surface area contributed by atoms with Gasteiger partial charge in [0.1, 0.15) is 0 Å². The first-order valence-corrected chi connectivity index (χ1v) is 3.06. The van der Waals surface area contributed by atoms with E-state index in [0.29, 0.717) is 12.5 Å². The molecule has 0 aliphatic carbocycles. The van der Waals surface area contributed by atoms with Crippen LogP contribution in [-0.2, 0) is 10.1 Å². The third-order valence-corrected chi connectivity index (χ3v) is 1.13. The van der Waals surface area contributed by atoms with Crippen LogP contribution < -0.4 is 0 Å². The van der Waals surface area contributed by atoms with Gasteiger partial charge in [-0.05, 0) is 17.6 Å². The molecule has 0 aliphatic heterocycles. The predicted molar refractivity (Wildman–Crippen MR) is 30.7 cm³/mol. The lowest BCUT2D eigenvalue weighted by atomic mass is 10.1. The Morgan fingerprint density at radius 1 is 1.62 bits per heavy atom. The second kappa shape index (κ2) is 5.06. The molecule has 0 saturated carbocycles. The van der Waals surface area contributed by atoms with Gasteiger partial charge in [0.25, 0.3) is 0 Å². The maximum absolute atomic E-state index is 9.52. The molecule has 8 heavy (non-hydrogen) atoms. The van der Waals surface area contributed by atoms with Crippen LogP contribution in [0.15, 0.2) is 0 Å². The molecule has 2 nitrogen and oxygen atoms in total. The van der Waals surface area contributed by atoms with Crippen LogP contribution in [0.4, 0.5) is 0 Å². The van der Waals surface area contributed by atoms with E-state index in [1.807, 2.05) is 6.92 Å². The molecule has 0 saturated heterocycles. The Kier molecular flexibility index (Phi) is 5.01. The summed E-state index contributed by atoms with van der Waals surface area (Å²) in [5.41, 5.74) is 0. The van der Waals surface area contributed by atoms with Crippen LogP contribution in [0.5, 0.6) is 0 Å². The fourth-order valence-corrected chi connectivity index (χ4v) is 0.692. The molecule has 0 N–H and O–H groups in total. The zero-order valence-corrected chi connectivity index (χ0v) is 5.52. The second-order valence-corrected chi connectivity index (χ2v) is 2.18. The van der Waals surface area contributed by atoms with Crippen LogP contribution in [0, 0.1) is 5.92 Å². The molecule has 0 rings (SSSR count). The molecule has 0 fully saturated rings. The Hall–Kier alpha value is -0.0800. The minimum Gasteiger partial charge on any atom is -0.204 e. The molecular formula is C6H13O2. The van der Waals surface area contributed by atoms with Gasteiger partial charge in [0.15, 0.2) is 0 Å². The predicted octanol–water partition coefficient (Wildman–Crippen LogP) is 1.78. The summed E-state index contributed by atoms with van der Waals surface area (Å²) in [4.78, 5) is 3.71. The maximum Gasteiger partial charge on any atom is 0.0880 e. The third-order valence-electron chi connectivity index (χ3n) is 1.13. The topological polar surface area (TPSA) is 29.1 Å². The van der Waals surface area contributed by atoms with Crippen LogP contribution in [0.2, 0.25) is 0 Å². The Bertz CT molecular complexity index is 39.8. The molecule has 1 radical (unpaired) electrons. The third kappa shape index (κ3) is 4.09. The van der Waals surface area contributed by atoms with Gasteiger partial charge >= 0.3 is 0 Å². The van der Waals surface area contributed by atoms with E-state index in [4.69, 9.17) is 0 Å². The summed E-state index contributed by atoms with van der Waals surface area (Å²) in [6, 6.07) is 0. The molecule has 2 heteroatoms. The Balaban J connectivity index is 2.92. The number of rotatable bonds is 4. The van der Waals surface area contributed by atoms with Crippen molar-refractivity contribution in [2.75, 3.05) is 6.61 Å². The van der Waals surface area contributed by atoms with Crippen LogP contribution >= 0.6 is 0 Å². The summed E-state index contributed by atoms with van der Waals surface area (Å²) >= 11 is 0.